The zero-order valence-electron chi connectivity index (χ0n) is 17.2. The molecule has 1 aliphatic rings. The Morgan fingerprint density at radius 2 is 1.79 bits per heavy atom. The van der Waals surface area contributed by atoms with Gasteiger partial charge in [0.05, 0.1) is 6.61 Å². The van der Waals surface area contributed by atoms with Crippen LogP contribution in [0.5, 0.6) is 5.75 Å². The number of anilines is 1. The lowest BCUT2D eigenvalue weighted by molar-refractivity contribution is 0.307. The van der Waals surface area contributed by atoms with Crippen LogP contribution in [0.25, 0.3) is 5.70 Å². The molecule has 0 spiro atoms. The van der Waals surface area contributed by atoms with Crippen molar-refractivity contribution >= 4 is 11.4 Å². The number of benzene rings is 2. The number of rotatable bonds is 11. The second kappa shape index (κ2) is 10.8. The van der Waals surface area contributed by atoms with E-state index in [0.29, 0.717) is 0 Å². The van der Waals surface area contributed by atoms with E-state index in [1.54, 1.807) is 0 Å². The molecule has 3 rings (SSSR count). The molecule has 0 aromatic heterocycles. The van der Waals surface area contributed by atoms with Crippen LogP contribution >= 0.6 is 0 Å². The second-order valence-corrected chi connectivity index (χ2v) is 7.46. The topological polar surface area (TPSA) is 12.5 Å². The first-order valence-corrected chi connectivity index (χ1v) is 10.7. The molecule has 0 amide bonds. The van der Waals surface area contributed by atoms with Gasteiger partial charge in [0.25, 0.3) is 0 Å². The fourth-order valence-corrected chi connectivity index (χ4v) is 3.63. The van der Waals surface area contributed by atoms with Crippen molar-refractivity contribution in [2.75, 3.05) is 18.1 Å². The average molecular weight is 376 g/mol. The van der Waals surface area contributed by atoms with Crippen molar-refractivity contribution in [2.45, 2.75) is 51.9 Å². The van der Waals surface area contributed by atoms with E-state index in [0.717, 1.165) is 44.6 Å². The number of nitrogens with zero attached hydrogens (tertiary/aromatic N) is 1. The molecule has 0 radical (unpaired) electrons. The Balaban J connectivity index is 1.60. The maximum absolute atomic E-state index is 5.86. The minimum atomic E-state index is 0.770. The van der Waals surface area contributed by atoms with Crippen LogP contribution in [-0.2, 0) is 6.42 Å². The van der Waals surface area contributed by atoms with Gasteiger partial charge in [-0.2, -0.15) is 0 Å². The van der Waals surface area contributed by atoms with E-state index in [1.165, 1.54) is 41.8 Å². The number of unbranched alkanes of at least 4 members (excludes halogenated alkanes) is 3. The minimum absolute atomic E-state index is 0.770. The van der Waals surface area contributed by atoms with Gasteiger partial charge in [-0.1, -0.05) is 37.6 Å². The maximum Gasteiger partial charge on any atom is 0.119 e. The zero-order chi connectivity index (χ0) is 19.6. The number of allylic oxidation sites excluding steroid dienone is 1. The minimum Gasteiger partial charge on any atom is -0.494 e. The van der Waals surface area contributed by atoms with Crippen molar-refractivity contribution in [3.63, 3.8) is 0 Å². The molecule has 28 heavy (non-hydrogen) atoms. The molecule has 0 saturated carbocycles. The maximum atomic E-state index is 5.86. The largest absolute Gasteiger partial charge is 0.494 e. The predicted octanol–water partition coefficient (Wildman–Crippen LogP) is 7.02. The normalized spacial score (nSPS) is 13.5. The highest BCUT2D eigenvalue weighted by molar-refractivity contribution is 5.81. The second-order valence-electron chi connectivity index (χ2n) is 7.46. The molecule has 2 aromatic rings. The van der Waals surface area contributed by atoms with Crippen molar-refractivity contribution in [2.24, 2.45) is 0 Å². The number of aryl methyl sites for hydroxylation is 1. The van der Waals surface area contributed by atoms with Crippen molar-refractivity contribution in [3.8, 4) is 5.75 Å². The quantitative estimate of drug-likeness (QED) is 0.309. The van der Waals surface area contributed by atoms with Crippen LogP contribution in [0.2, 0.25) is 0 Å². The van der Waals surface area contributed by atoms with E-state index in [9.17, 15) is 0 Å². The van der Waals surface area contributed by atoms with Gasteiger partial charge in [0.15, 0.2) is 0 Å². The summed E-state index contributed by atoms with van der Waals surface area (Å²) in [6, 6.07) is 17.6. The first kappa shape index (κ1) is 20.3. The molecule has 1 heterocycles. The van der Waals surface area contributed by atoms with E-state index < -0.39 is 0 Å². The molecule has 2 heteroatoms. The highest BCUT2D eigenvalue weighted by Gasteiger charge is 2.18. The molecule has 2 aromatic carbocycles. The summed E-state index contributed by atoms with van der Waals surface area (Å²) >= 11 is 0. The van der Waals surface area contributed by atoms with Crippen LogP contribution < -0.4 is 9.64 Å². The summed E-state index contributed by atoms with van der Waals surface area (Å²) in [5, 5.41) is 0. The van der Waals surface area contributed by atoms with Crippen molar-refractivity contribution in [3.05, 3.63) is 78.4 Å². The standard InChI is InChI=1S/C26H33NO/c1-3-5-7-8-21-28-25-18-14-23(15-19-25)26-11-9-20-27(26)24-16-12-22(13-17-24)10-6-4-2/h3,11-19H,1,4-10,20-21H2,2H3. The molecule has 0 unspecified atom stereocenters. The SMILES string of the molecule is C=CCCCCOc1ccc(C2=CCCN2c2ccc(CCCC)cc2)cc1. The third kappa shape index (κ3) is 5.51. The summed E-state index contributed by atoms with van der Waals surface area (Å²) in [5.41, 5.74) is 5.28. The Hall–Kier alpha value is -2.48. The molecular weight excluding hydrogens is 342 g/mol. The van der Waals surface area contributed by atoms with E-state index >= 15 is 0 Å². The molecule has 1 aliphatic heterocycles. The Labute approximate surface area is 170 Å². The molecule has 2 nitrogen and oxygen atoms in total. The van der Waals surface area contributed by atoms with Gasteiger partial charge in [-0.3, -0.25) is 0 Å². The van der Waals surface area contributed by atoms with Gasteiger partial charge in [0.1, 0.15) is 5.75 Å². The van der Waals surface area contributed by atoms with Crippen LogP contribution in [-0.4, -0.2) is 13.2 Å². The monoisotopic (exact) mass is 375 g/mol. The van der Waals surface area contributed by atoms with E-state index in [1.807, 2.05) is 6.08 Å². The summed E-state index contributed by atoms with van der Waals surface area (Å²) in [4.78, 5) is 2.43. The number of hydrogen-bond acceptors (Lipinski definition) is 2. The molecule has 0 saturated heterocycles. The summed E-state index contributed by atoms with van der Waals surface area (Å²) < 4.78 is 5.86. The fraction of sp³-hybridized carbons (Fsp3) is 0.385. The van der Waals surface area contributed by atoms with Gasteiger partial charge in [0.2, 0.25) is 0 Å². The van der Waals surface area contributed by atoms with Gasteiger partial charge in [-0.25, -0.2) is 0 Å². The first-order chi connectivity index (χ1) is 13.8. The fourth-order valence-electron chi connectivity index (χ4n) is 3.63. The summed E-state index contributed by atoms with van der Waals surface area (Å²) in [5.74, 6) is 0.952. The molecule has 0 atom stereocenters. The molecule has 148 valence electrons. The van der Waals surface area contributed by atoms with E-state index in [-0.39, 0.29) is 0 Å². The smallest absolute Gasteiger partial charge is 0.119 e. The van der Waals surface area contributed by atoms with Gasteiger partial charge in [-0.05, 0) is 86.1 Å². The van der Waals surface area contributed by atoms with Crippen molar-refractivity contribution in [1.82, 2.24) is 0 Å². The lowest BCUT2D eigenvalue weighted by atomic mass is 10.1. The van der Waals surface area contributed by atoms with Crippen LogP contribution in [0, 0.1) is 0 Å². The van der Waals surface area contributed by atoms with E-state index in [4.69, 9.17) is 4.74 Å². The Morgan fingerprint density at radius 3 is 2.50 bits per heavy atom. The average Bonchev–Trinajstić information content (AvgIpc) is 3.23. The Bertz CT molecular complexity index is 758. The van der Waals surface area contributed by atoms with Gasteiger partial charge < -0.3 is 9.64 Å². The van der Waals surface area contributed by atoms with Gasteiger partial charge in [-0.15, -0.1) is 6.58 Å². The zero-order valence-corrected chi connectivity index (χ0v) is 17.2. The molecule has 0 bridgehead atoms. The molecular formula is C26H33NO. The lowest BCUT2D eigenvalue weighted by Crippen LogP contribution is -2.17. The highest BCUT2D eigenvalue weighted by atomic mass is 16.5. The van der Waals surface area contributed by atoms with E-state index in [2.05, 4.69) is 73.0 Å². The van der Waals surface area contributed by atoms with Gasteiger partial charge in [0, 0.05) is 17.9 Å². The summed E-state index contributed by atoms with van der Waals surface area (Å²) in [6.45, 7) is 7.82. The predicted molar refractivity (Wildman–Crippen MR) is 121 cm³/mol. The summed E-state index contributed by atoms with van der Waals surface area (Å²) in [6.07, 6.45) is 12.4. The van der Waals surface area contributed by atoms with Crippen molar-refractivity contribution < 1.29 is 4.74 Å². The highest BCUT2D eigenvalue weighted by Crippen LogP contribution is 2.32. The van der Waals surface area contributed by atoms with Gasteiger partial charge >= 0.3 is 0 Å². The Kier molecular flexibility index (Phi) is 7.78. The van der Waals surface area contributed by atoms with Crippen LogP contribution in [0.3, 0.4) is 0 Å². The third-order valence-electron chi connectivity index (χ3n) is 5.27. The first-order valence-electron chi connectivity index (χ1n) is 10.7. The van der Waals surface area contributed by atoms with Crippen LogP contribution in [0.15, 0.2) is 67.3 Å². The lowest BCUT2D eigenvalue weighted by Gasteiger charge is -2.23. The molecule has 0 aliphatic carbocycles. The summed E-state index contributed by atoms with van der Waals surface area (Å²) in [7, 11) is 0. The Morgan fingerprint density at radius 1 is 1.00 bits per heavy atom. The van der Waals surface area contributed by atoms with Crippen LogP contribution in [0.4, 0.5) is 5.69 Å². The number of hydrogen-bond donors (Lipinski definition) is 0. The number of ether oxygens (including phenoxy) is 1. The molecule has 0 fully saturated rings. The molecule has 0 N–H and O–H groups in total. The van der Waals surface area contributed by atoms with Crippen molar-refractivity contribution in [1.29, 1.82) is 0 Å². The van der Waals surface area contributed by atoms with Crippen LogP contribution in [0.1, 0.15) is 56.6 Å². The third-order valence-corrected chi connectivity index (χ3v) is 5.27.